The van der Waals surface area contributed by atoms with Crippen molar-refractivity contribution in [1.82, 2.24) is 19.0 Å². The summed E-state index contributed by atoms with van der Waals surface area (Å²) in [5.41, 5.74) is 0. The highest BCUT2D eigenvalue weighted by Gasteiger charge is 2.29. The number of aromatic nitrogens is 2. The van der Waals surface area contributed by atoms with Gasteiger partial charge in [0.2, 0.25) is 10.0 Å². The molecule has 0 N–H and O–H groups in total. The van der Waals surface area contributed by atoms with E-state index in [1.54, 1.807) is 6.20 Å². The topological polar surface area (TPSA) is 58.4 Å². The Labute approximate surface area is 159 Å². The van der Waals surface area contributed by atoms with E-state index in [1.807, 2.05) is 10.9 Å². The number of hydrogen-bond acceptors (Lipinski definition) is 4. The van der Waals surface area contributed by atoms with Crippen molar-refractivity contribution in [3.63, 3.8) is 0 Å². The Balaban J connectivity index is 1.65. The second-order valence-corrected chi connectivity index (χ2v) is 9.11. The van der Waals surface area contributed by atoms with Crippen molar-refractivity contribution in [2.75, 3.05) is 26.2 Å². The van der Waals surface area contributed by atoms with Crippen LogP contribution in [0, 0.1) is 0 Å². The fourth-order valence-corrected chi connectivity index (χ4v) is 4.66. The van der Waals surface area contributed by atoms with E-state index in [4.69, 9.17) is 23.2 Å². The van der Waals surface area contributed by atoms with Crippen molar-refractivity contribution in [1.29, 1.82) is 0 Å². The molecule has 1 aliphatic rings. The highest BCUT2D eigenvalue weighted by atomic mass is 79.9. The minimum absolute atomic E-state index is 0.168. The molecule has 0 amide bonds. The number of nitrogens with zero attached hydrogens (tertiary/aromatic N) is 4. The van der Waals surface area contributed by atoms with E-state index < -0.39 is 10.0 Å². The predicted molar refractivity (Wildman–Crippen MR) is 96.7 cm³/mol. The van der Waals surface area contributed by atoms with Gasteiger partial charge in [-0.2, -0.15) is 9.40 Å². The molecule has 24 heavy (non-hydrogen) atoms. The summed E-state index contributed by atoms with van der Waals surface area (Å²) < 4.78 is 29.6. The van der Waals surface area contributed by atoms with Gasteiger partial charge in [0.15, 0.2) is 0 Å². The van der Waals surface area contributed by atoms with Crippen molar-refractivity contribution < 1.29 is 8.42 Å². The van der Waals surface area contributed by atoms with Gasteiger partial charge in [0.25, 0.3) is 0 Å². The highest BCUT2D eigenvalue weighted by molar-refractivity contribution is 9.10. The monoisotopic (exact) mass is 452 g/mol. The Kier molecular flexibility index (Phi) is 5.53. The molecule has 2 aromatic rings. The third kappa shape index (κ3) is 3.95. The predicted octanol–water partition coefficient (Wildman–Crippen LogP) is 2.92. The molecule has 0 bridgehead atoms. The zero-order valence-corrected chi connectivity index (χ0v) is 16.5. The summed E-state index contributed by atoms with van der Waals surface area (Å²) in [6, 6.07) is 4.38. The third-order valence-electron chi connectivity index (χ3n) is 3.81. The van der Waals surface area contributed by atoms with Crippen LogP contribution in [0.5, 0.6) is 0 Å². The summed E-state index contributed by atoms with van der Waals surface area (Å²) in [6.45, 7) is 2.75. The molecule has 0 aliphatic carbocycles. The van der Waals surface area contributed by atoms with Gasteiger partial charge in [-0.25, -0.2) is 8.42 Å². The fraction of sp³-hybridized carbons (Fsp3) is 0.357. The maximum absolute atomic E-state index is 12.7. The van der Waals surface area contributed by atoms with Crippen molar-refractivity contribution in [2.24, 2.45) is 0 Å². The number of piperazine rings is 1. The Morgan fingerprint density at radius 3 is 2.42 bits per heavy atom. The first-order chi connectivity index (χ1) is 11.4. The first-order valence-electron chi connectivity index (χ1n) is 7.22. The number of rotatable bonds is 4. The lowest BCUT2D eigenvalue weighted by Gasteiger charge is -2.33. The molecule has 0 saturated carbocycles. The SMILES string of the molecule is O=S(=O)(c1ccc(Cl)c(Cl)c1)N1CCN(Cn2cc(Br)cn2)CC1. The smallest absolute Gasteiger partial charge is 0.243 e. The first-order valence-corrected chi connectivity index (χ1v) is 10.2. The van der Waals surface area contributed by atoms with Crippen LogP contribution in [0.2, 0.25) is 10.0 Å². The summed E-state index contributed by atoms with van der Waals surface area (Å²) >= 11 is 15.2. The van der Waals surface area contributed by atoms with E-state index in [2.05, 4.69) is 25.9 Å². The van der Waals surface area contributed by atoms with E-state index in [0.717, 1.165) is 4.47 Å². The lowest BCUT2D eigenvalue weighted by molar-refractivity contribution is 0.145. The quantitative estimate of drug-likeness (QED) is 0.714. The molecule has 1 aromatic heterocycles. The Morgan fingerprint density at radius 2 is 1.83 bits per heavy atom. The maximum Gasteiger partial charge on any atom is 0.243 e. The first kappa shape index (κ1) is 18.2. The summed E-state index contributed by atoms with van der Waals surface area (Å²) in [5.74, 6) is 0. The lowest BCUT2D eigenvalue weighted by Crippen LogP contribution is -2.48. The molecule has 0 radical (unpaired) electrons. The van der Waals surface area contributed by atoms with Crippen molar-refractivity contribution in [3.8, 4) is 0 Å². The van der Waals surface area contributed by atoms with Crippen molar-refractivity contribution in [2.45, 2.75) is 11.6 Å². The Hall–Kier alpha value is -0.640. The molecule has 3 rings (SSSR count). The molecule has 0 spiro atoms. The lowest BCUT2D eigenvalue weighted by atomic mass is 10.4. The molecule has 0 unspecified atom stereocenters. The van der Waals surface area contributed by atoms with E-state index in [-0.39, 0.29) is 9.92 Å². The molecule has 1 saturated heterocycles. The van der Waals surface area contributed by atoms with Crippen LogP contribution in [0.15, 0.2) is 40.0 Å². The highest BCUT2D eigenvalue weighted by Crippen LogP contribution is 2.27. The molecular formula is C14H15BrCl2N4O2S. The standard InChI is InChI=1S/C14H15BrCl2N4O2S/c15-11-8-18-20(9-11)10-19-3-5-21(6-4-19)24(22,23)12-1-2-13(16)14(17)7-12/h1-2,7-9H,3-6,10H2. The molecule has 1 aromatic carbocycles. The molecule has 0 atom stereocenters. The Morgan fingerprint density at radius 1 is 1.12 bits per heavy atom. The molecular weight excluding hydrogens is 439 g/mol. The summed E-state index contributed by atoms with van der Waals surface area (Å²) in [5, 5.41) is 4.79. The van der Waals surface area contributed by atoms with Gasteiger partial charge < -0.3 is 0 Å². The number of sulfonamides is 1. The fourth-order valence-electron chi connectivity index (χ4n) is 2.52. The molecule has 2 heterocycles. The van der Waals surface area contributed by atoms with Crippen LogP contribution in [0.25, 0.3) is 0 Å². The maximum atomic E-state index is 12.7. The van der Waals surface area contributed by atoms with E-state index >= 15 is 0 Å². The molecule has 1 fully saturated rings. The van der Waals surface area contributed by atoms with E-state index in [1.165, 1.54) is 22.5 Å². The second kappa shape index (κ2) is 7.31. The minimum atomic E-state index is -3.56. The zero-order chi connectivity index (χ0) is 17.3. The number of hydrogen-bond donors (Lipinski definition) is 0. The number of halogens is 3. The van der Waals surface area contributed by atoms with Gasteiger partial charge in [-0.1, -0.05) is 23.2 Å². The van der Waals surface area contributed by atoms with Gasteiger partial charge in [0.1, 0.15) is 0 Å². The van der Waals surface area contributed by atoms with Gasteiger partial charge in [-0.3, -0.25) is 9.58 Å². The molecule has 6 nitrogen and oxygen atoms in total. The van der Waals surface area contributed by atoms with Gasteiger partial charge >= 0.3 is 0 Å². The zero-order valence-electron chi connectivity index (χ0n) is 12.6. The van der Waals surface area contributed by atoms with Crippen molar-refractivity contribution in [3.05, 3.63) is 45.1 Å². The van der Waals surface area contributed by atoms with Crippen LogP contribution in [0.1, 0.15) is 0 Å². The van der Waals surface area contributed by atoms with Gasteiger partial charge in [0.05, 0.1) is 32.3 Å². The van der Waals surface area contributed by atoms with E-state index in [9.17, 15) is 8.42 Å². The summed E-state index contributed by atoms with van der Waals surface area (Å²) in [7, 11) is -3.56. The normalized spacial score (nSPS) is 17.3. The van der Waals surface area contributed by atoms with Crippen LogP contribution < -0.4 is 0 Å². The second-order valence-electron chi connectivity index (χ2n) is 5.44. The molecule has 10 heteroatoms. The number of benzene rings is 1. The van der Waals surface area contributed by atoms with Crippen LogP contribution in [-0.4, -0.2) is 53.6 Å². The van der Waals surface area contributed by atoms with Crippen LogP contribution in [-0.2, 0) is 16.7 Å². The molecule has 130 valence electrons. The third-order valence-corrected chi connectivity index (χ3v) is 6.85. The van der Waals surface area contributed by atoms with Gasteiger partial charge in [-0.05, 0) is 34.1 Å². The summed E-state index contributed by atoms with van der Waals surface area (Å²) in [6.07, 6.45) is 3.61. The average molecular weight is 454 g/mol. The average Bonchev–Trinajstić information content (AvgIpc) is 2.95. The van der Waals surface area contributed by atoms with Gasteiger partial charge in [-0.15, -0.1) is 0 Å². The van der Waals surface area contributed by atoms with Crippen LogP contribution in [0.3, 0.4) is 0 Å². The van der Waals surface area contributed by atoms with Crippen molar-refractivity contribution >= 4 is 49.2 Å². The minimum Gasteiger partial charge on any atom is -0.282 e. The van der Waals surface area contributed by atoms with Crippen LogP contribution >= 0.6 is 39.1 Å². The van der Waals surface area contributed by atoms with E-state index in [0.29, 0.717) is 37.9 Å². The summed E-state index contributed by atoms with van der Waals surface area (Å²) in [4.78, 5) is 2.32. The van der Waals surface area contributed by atoms with Gasteiger partial charge in [0, 0.05) is 32.4 Å². The Bertz CT molecular complexity index is 835. The largest absolute Gasteiger partial charge is 0.282 e. The molecule has 1 aliphatic heterocycles. The van der Waals surface area contributed by atoms with Crippen LogP contribution in [0.4, 0.5) is 0 Å².